The predicted octanol–water partition coefficient (Wildman–Crippen LogP) is 2.01. The van der Waals surface area contributed by atoms with Gasteiger partial charge in [-0.3, -0.25) is 4.79 Å². The minimum Gasteiger partial charge on any atom is -0.363 e. The van der Waals surface area contributed by atoms with Crippen molar-refractivity contribution >= 4 is 11.7 Å². The van der Waals surface area contributed by atoms with Crippen LogP contribution >= 0.6 is 0 Å². The van der Waals surface area contributed by atoms with Crippen molar-refractivity contribution < 1.29 is 4.79 Å². The van der Waals surface area contributed by atoms with Gasteiger partial charge in [-0.25, -0.2) is 9.97 Å². The summed E-state index contributed by atoms with van der Waals surface area (Å²) in [6.07, 6.45) is 0. The Balaban J connectivity index is 1.81. The van der Waals surface area contributed by atoms with Gasteiger partial charge in [-0.15, -0.1) is 10.2 Å². The van der Waals surface area contributed by atoms with Crippen LogP contribution in [0.1, 0.15) is 67.5 Å². The number of carbonyl (C=O) groups is 1. The van der Waals surface area contributed by atoms with Crippen LogP contribution in [0, 0.1) is 0 Å². The molecule has 25 heavy (non-hydrogen) atoms. The van der Waals surface area contributed by atoms with E-state index in [2.05, 4.69) is 53.2 Å². The lowest BCUT2D eigenvalue weighted by Crippen LogP contribution is -2.38. The summed E-state index contributed by atoms with van der Waals surface area (Å²) in [5, 5.41) is 11.5. The molecule has 8 nitrogen and oxygen atoms in total. The molecule has 0 radical (unpaired) electrons. The second kappa shape index (κ2) is 6.78. The van der Waals surface area contributed by atoms with E-state index in [1.165, 1.54) is 0 Å². The van der Waals surface area contributed by atoms with E-state index >= 15 is 0 Å². The Kier molecular flexibility index (Phi) is 4.69. The maximum Gasteiger partial charge on any atom is 0.291 e. The third kappa shape index (κ3) is 3.47. The molecule has 3 heterocycles. The van der Waals surface area contributed by atoms with Crippen LogP contribution in [0.3, 0.4) is 0 Å². The predicted molar refractivity (Wildman–Crippen MR) is 94.5 cm³/mol. The Morgan fingerprint density at radius 3 is 2.56 bits per heavy atom. The molecule has 1 aliphatic heterocycles. The number of hydrogen-bond acceptors (Lipinski definition) is 6. The van der Waals surface area contributed by atoms with E-state index in [1.807, 2.05) is 10.6 Å². The number of nitrogens with zero attached hydrogens (tertiary/aromatic N) is 6. The number of likely N-dealkylation sites (N-methyl/N-ethyl adjacent to an activating group) is 1. The average Bonchev–Trinajstić information content (AvgIpc) is 2.99. The SMILES string of the molecule is CC(C)c1cc(NCc2nnc3n2CCN(C)C3=O)nc(C(C)C)n1. The minimum absolute atomic E-state index is 0.0868. The number of aromatic nitrogens is 5. The molecule has 0 saturated carbocycles. The van der Waals surface area contributed by atoms with E-state index in [-0.39, 0.29) is 11.8 Å². The molecule has 0 aliphatic carbocycles. The quantitative estimate of drug-likeness (QED) is 0.893. The highest BCUT2D eigenvalue weighted by molar-refractivity contribution is 5.91. The molecule has 0 aromatic carbocycles. The standard InChI is InChI=1S/C17H25N7O/c1-10(2)12-8-13(20-15(19-12)11(3)4)18-9-14-21-22-16-17(25)23(5)6-7-24(14)16/h8,10-11H,6-7,9H2,1-5H3,(H,18,19,20). The molecular weight excluding hydrogens is 318 g/mol. The van der Waals surface area contributed by atoms with Gasteiger partial charge in [-0.05, 0) is 5.92 Å². The highest BCUT2D eigenvalue weighted by atomic mass is 16.2. The van der Waals surface area contributed by atoms with Crippen LogP contribution in [0.15, 0.2) is 6.07 Å². The lowest BCUT2D eigenvalue weighted by atomic mass is 10.1. The number of fused-ring (bicyclic) bond motifs is 1. The Morgan fingerprint density at radius 1 is 1.12 bits per heavy atom. The van der Waals surface area contributed by atoms with Crippen molar-refractivity contribution in [3.05, 3.63) is 29.2 Å². The van der Waals surface area contributed by atoms with Gasteiger partial charge in [0.25, 0.3) is 5.91 Å². The lowest BCUT2D eigenvalue weighted by molar-refractivity contribution is 0.0740. The third-order valence-electron chi connectivity index (χ3n) is 4.32. The first-order valence-electron chi connectivity index (χ1n) is 8.67. The van der Waals surface area contributed by atoms with Gasteiger partial charge in [0.05, 0.1) is 6.54 Å². The monoisotopic (exact) mass is 343 g/mol. The number of rotatable bonds is 5. The van der Waals surface area contributed by atoms with Gasteiger partial charge in [0.2, 0.25) is 5.82 Å². The number of nitrogens with one attached hydrogen (secondary N) is 1. The Labute approximate surface area is 147 Å². The smallest absolute Gasteiger partial charge is 0.291 e. The summed E-state index contributed by atoms with van der Waals surface area (Å²) >= 11 is 0. The zero-order valence-electron chi connectivity index (χ0n) is 15.4. The highest BCUT2D eigenvalue weighted by Crippen LogP contribution is 2.20. The minimum atomic E-state index is -0.0868. The van der Waals surface area contributed by atoms with Gasteiger partial charge in [0.1, 0.15) is 11.6 Å². The zero-order chi connectivity index (χ0) is 18.1. The molecule has 2 aromatic rings. The molecule has 0 atom stereocenters. The number of carbonyl (C=O) groups excluding carboxylic acids is 1. The summed E-state index contributed by atoms with van der Waals surface area (Å²) in [7, 11) is 1.78. The molecule has 1 aliphatic rings. The Bertz CT molecular complexity index is 755. The van der Waals surface area contributed by atoms with E-state index in [4.69, 9.17) is 0 Å². The first kappa shape index (κ1) is 17.3. The van der Waals surface area contributed by atoms with Crippen molar-refractivity contribution in [3.63, 3.8) is 0 Å². The van der Waals surface area contributed by atoms with Crippen LogP contribution in [0.25, 0.3) is 0 Å². The van der Waals surface area contributed by atoms with Crippen molar-refractivity contribution in [1.82, 2.24) is 29.6 Å². The van der Waals surface area contributed by atoms with Crippen molar-refractivity contribution in [2.75, 3.05) is 18.9 Å². The van der Waals surface area contributed by atoms with Crippen LogP contribution < -0.4 is 5.32 Å². The zero-order valence-corrected chi connectivity index (χ0v) is 15.4. The number of anilines is 1. The van der Waals surface area contributed by atoms with Gasteiger partial charge in [-0.1, -0.05) is 27.7 Å². The number of hydrogen-bond donors (Lipinski definition) is 1. The number of amides is 1. The summed E-state index contributed by atoms with van der Waals surface area (Å²) in [6.45, 7) is 10.2. The van der Waals surface area contributed by atoms with Gasteiger partial charge in [0, 0.05) is 37.8 Å². The maximum absolute atomic E-state index is 12.1. The largest absolute Gasteiger partial charge is 0.363 e. The summed E-state index contributed by atoms with van der Waals surface area (Å²) in [6, 6.07) is 1.98. The van der Waals surface area contributed by atoms with E-state index in [0.717, 1.165) is 23.2 Å². The molecule has 1 N–H and O–H groups in total. The van der Waals surface area contributed by atoms with Crippen LogP contribution in [0.5, 0.6) is 0 Å². The fourth-order valence-electron chi connectivity index (χ4n) is 2.68. The van der Waals surface area contributed by atoms with Crippen LogP contribution in [-0.4, -0.2) is 49.1 Å². The maximum atomic E-state index is 12.1. The molecule has 8 heteroatoms. The molecule has 0 unspecified atom stereocenters. The van der Waals surface area contributed by atoms with Gasteiger partial charge >= 0.3 is 0 Å². The first-order chi connectivity index (χ1) is 11.9. The molecule has 0 fully saturated rings. The van der Waals surface area contributed by atoms with Gasteiger partial charge in [-0.2, -0.15) is 0 Å². The van der Waals surface area contributed by atoms with E-state index in [1.54, 1.807) is 11.9 Å². The molecule has 0 saturated heterocycles. The molecule has 1 amide bonds. The van der Waals surface area contributed by atoms with Gasteiger partial charge in [0.15, 0.2) is 5.82 Å². The van der Waals surface area contributed by atoms with Crippen LogP contribution in [-0.2, 0) is 13.1 Å². The topological polar surface area (TPSA) is 88.8 Å². The summed E-state index contributed by atoms with van der Waals surface area (Å²) in [5.41, 5.74) is 1.02. The average molecular weight is 343 g/mol. The Hall–Kier alpha value is -2.51. The fourth-order valence-corrected chi connectivity index (χ4v) is 2.68. The third-order valence-corrected chi connectivity index (χ3v) is 4.32. The van der Waals surface area contributed by atoms with Crippen molar-refractivity contribution in [1.29, 1.82) is 0 Å². The highest BCUT2D eigenvalue weighted by Gasteiger charge is 2.26. The van der Waals surface area contributed by atoms with Gasteiger partial charge < -0.3 is 14.8 Å². The normalized spacial score (nSPS) is 14.4. The van der Waals surface area contributed by atoms with Crippen molar-refractivity contribution in [2.45, 2.75) is 52.6 Å². The molecule has 0 bridgehead atoms. The van der Waals surface area contributed by atoms with Crippen molar-refractivity contribution in [2.24, 2.45) is 0 Å². The molecule has 0 spiro atoms. The Morgan fingerprint density at radius 2 is 1.88 bits per heavy atom. The molecule has 2 aromatic heterocycles. The fraction of sp³-hybridized carbons (Fsp3) is 0.588. The molecule has 3 rings (SSSR count). The second-order valence-corrected chi connectivity index (χ2v) is 7.02. The summed E-state index contributed by atoms with van der Waals surface area (Å²) in [4.78, 5) is 23.0. The molecule has 134 valence electrons. The first-order valence-corrected chi connectivity index (χ1v) is 8.67. The van der Waals surface area contributed by atoms with E-state index < -0.39 is 0 Å². The summed E-state index contributed by atoms with van der Waals surface area (Å²) in [5.74, 6) is 3.25. The van der Waals surface area contributed by atoms with Crippen LogP contribution in [0.4, 0.5) is 5.82 Å². The van der Waals surface area contributed by atoms with E-state index in [9.17, 15) is 4.79 Å². The van der Waals surface area contributed by atoms with Crippen molar-refractivity contribution in [3.8, 4) is 0 Å². The lowest BCUT2D eigenvalue weighted by Gasteiger charge is -2.23. The molecular formula is C17H25N7O. The van der Waals surface area contributed by atoms with Crippen LogP contribution in [0.2, 0.25) is 0 Å². The van der Waals surface area contributed by atoms with E-state index in [0.29, 0.717) is 31.4 Å². The second-order valence-electron chi connectivity index (χ2n) is 7.02. The summed E-state index contributed by atoms with van der Waals surface area (Å²) < 4.78 is 1.88.